The van der Waals surface area contributed by atoms with E-state index in [1.807, 2.05) is 0 Å². The van der Waals surface area contributed by atoms with E-state index in [0.29, 0.717) is 21.7 Å². The average Bonchev–Trinajstić information content (AvgIpc) is 2.46. The zero-order valence-electron chi connectivity index (χ0n) is 11.5. The number of benzene rings is 2. The van der Waals surface area contributed by atoms with Crippen LogP contribution in [0, 0.1) is 0 Å². The van der Waals surface area contributed by atoms with E-state index in [-0.39, 0.29) is 11.3 Å². The van der Waals surface area contributed by atoms with Crippen molar-refractivity contribution in [2.75, 3.05) is 19.5 Å². The van der Waals surface area contributed by atoms with Crippen LogP contribution in [0.5, 0.6) is 17.2 Å². The number of carbonyl (C=O) groups is 1. The molecule has 0 atom stereocenters. The Kier molecular flexibility index (Phi) is 4.70. The molecule has 0 fully saturated rings. The van der Waals surface area contributed by atoms with E-state index in [0.717, 1.165) is 0 Å². The molecule has 21 heavy (non-hydrogen) atoms. The zero-order chi connectivity index (χ0) is 15.4. The molecule has 0 bridgehead atoms. The highest BCUT2D eigenvalue weighted by atomic mass is 79.9. The minimum Gasteiger partial charge on any atom is -0.507 e. The van der Waals surface area contributed by atoms with Gasteiger partial charge in [0.05, 0.1) is 25.5 Å². The Bertz CT molecular complexity index is 673. The van der Waals surface area contributed by atoms with Crippen molar-refractivity contribution in [2.45, 2.75) is 0 Å². The lowest BCUT2D eigenvalue weighted by molar-refractivity contribution is 0.102. The van der Waals surface area contributed by atoms with Crippen molar-refractivity contribution in [1.82, 2.24) is 0 Å². The molecule has 2 aromatic rings. The van der Waals surface area contributed by atoms with Gasteiger partial charge in [-0.05, 0) is 30.3 Å². The molecule has 0 aromatic heterocycles. The van der Waals surface area contributed by atoms with Crippen molar-refractivity contribution in [3.63, 3.8) is 0 Å². The van der Waals surface area contributed by atoms with Crippen molar-refractivity contribution < 1.29 is 19.4 Å². The first-order chi connectivity index (χ1) is 10.0. The van der Waals surface area contributed by atoms with Crippen LogP contribution in [0.2, 0.25) is 0 Å². The number of rotatable bonds is 4. The molecule has 110 valence electrons. The molecule has 0 aliphatic carbocycles. The van der Waals surface area contributed by atoms with Crippen molar-refractivity contribution in [1.29, 1.82) is 0 Å². The smallest absolute Gasteiger partial charge is 0.259 e. The standard InChI is InChI=1S/C15H14BrNO4/c1-20-10-4-6-14(21-2)12(8-10)17-15(19)11-5-3-9(16)7-13(11)18/h3-8,18H,1-2H3,(H,17,19). The number of methoxy groups -OCH3 is 2. The maximum atomic E-state index is 12.2. The molecule has 2 aromatic carbocycles. The summed E-state index contributed by atoms with van der Waals surface area (Å²) in [7, 11) is 3.04. The third-order valence-electron chi connectivity index (χ3n) is 2.86. The maximum Gasteiger partial charge on any atom is 0.259 e. The summed E-state index contributed by atoms with van der Waals surface area (Å²) in [6.07, 6.45) is 0. The molecule has 0 unspecified atom stereocenters. The lowest BCUT2D eigenvalue weighted by Gasteiger charge is -2.12. The fraction of sp³-hybridized carbons (Fsp3) is 0.133. The van der Waals surface area contributed by atoms with Gasteiger partial charge in [0.15, 0.2) is 0 Å². The molecule has 6 heteroatoms. The van der Waals surface area contributed by atoms with E-state index in [4.69, 9.17) is 9.47 Å². The first kappa shape index (κ1) is 15.2. The summed E-state index contributed by atoms with van der Waals surface area (Å²) < 4.78 is 11.0. The molecule has 0 aliphatic rings. The number of anilines is 1. The first-order valence-electron chi connectivity index (χ1n) is 6.07. The van der Waals surface area contributed by atoms with Gasteiger partial charge in [0.2, 0.25) is 0 Å². The third kappa shape index (κ3) is 3.46. The first-order valence-corrected chi connectivity index (χ1v) is 6.86. The number of hydrogen-bond donors (Lipinski definition) is 2. The number of aromatic hydroxyl groups is 1. The van der Waals surface area contributed by atoms with E-state index in [9.17, 15) is 9.90 Å². The van der Waals surface area contributed by atoms with Gasteiger partial charge in [-0.1, -0.05) is 15.9 Å². The number of carbonyl (C=O) groups excluding carboxylic acids is 1. The van der Waals surface area contributed by atoms with Gasteiger partial charge in [0.25, 0.3) is 5.91 Å². The van der Waals surface area contributed by atoms with Crippen LogP contribution in [0.25, 0.3) is 0 Å². The van der Waals surface area contributed by atoms with Gasteiger partial charge in [-0.3, -0.25) is 4.79 Å². The highest BCUT2D eigenvalue weighted by molar-refractivity contribution is 9.10. The zero-order valence-corrected chi connectivity index (χ0v) is 13.1. The lowest BCUT2D eigenvalue weighted by atomic mass is 10.2. The second-order valence-corrected chi connectivity index (χ2v) is 5.10. The summed E-state index contributed by atoms with van der Waals surface area (Å²) >= 11 is 3.23. The van der Waals surface area contributed by atoms with Gasteiger partial charge in [-0.2, -0.15) is 0 Å². The third-order valence-corrected chi connectivity index (χ3v) is 3.35. The summed E-state index contributed by atoms with van der Waals surface area (Å²) in [5.74, 6) is 0.544. The minimum absolute atomic E-state index is 0.108. The van der Waals surface area contributed by atoms with Crippen LogP contribution >= 0.6 is 15.9 Å². The van der Waals surface area contributed by atoms with E-state index in [2.05, 4.69) is 21.2 Å². The van der Waals surface area contributed by atoms with Crippen LogP contribution in [0.4, 0.5) is 5.69 Å². The number of hydrogen-bond acceptors (Lipinski definition) is 4. The highest BCUT2D eigenvalue weighted by Gasteiger charge is 2.14. The van der Waals surface area contributed by atoms with Crippen LogP contribution in [0.1, 0.15) is 10.4 Å². The Morgan fingerprint density at radius 3 is 2.52 bits per heavy atom. The fourth-order valence-corrected chi connectivity index (χ4v) is 2.15. The largest absolute Gasteiger partial charge is 0.507 e. The van der Waals surface area contributed by atoms with Crippen molar-refractivity contribution >= 4 is 27.5 Å². The number of halogens is 1. The molecular formula is C15H14BrNO4. The predicted octanol–water partition coefficient (Wildman–Crippen LogP) is 3.42. The lowest BCUT2D eigenvalue weighted by Crippen LogP contribution is -2.13. The monoisotopic (exact) mass is 351 g/mol. The molecule has 0 heterocycles. The average molecular weight is 352 g/mol. The number of nitrogens with one attached hydrogen (secondary N) is 1. The van der Waals surface area contributed by atoms with Crippen LogP contribution in [0.15, 0.2) is 40.9 Å². The van der Waals surface area contributed by atoms with Gasteiger partial charge in [0.1, 0.15) is 17.2 Å². The fourth-order valence-electron chi connectivity index (χ4n) is 1.80. The molecule has 2 rings (SSSR count). The maximum absolute atomic E-state index is 12.2. The van der Waals surface area contributed by atoms with Crippen molar-refractivity contribution in [3.05, 3.63) is 46.4 Å². The van der Waals surface area contributed by atoms with E-state index in [1.165, 1.54) is 26.4 Å². The summed E-state index contributed by atoms with van der Waals surface area (Å²) in [6.45, 7) is 0. The Hall–Kier alpha value is -2.21. The molecule has 0 aliphatic heterocycles. The Labute approximate surface area is 130 Å². The molecule has 0 spiro atoms. The molecule has 5 nitrogen and oxygen atoms in total. The SMILES string of the molecule is COc1ccc(OC)c(NC(=O)c2ccc(Br)cc2O)c1. The number of phenolic OH excluding ortho intramolecular Hbond substituents is 1. The quantitative estimate of drug-likeness (QED) is 0.885. The summed E-state index contributed by atoms with van der Waals surface area (Å²) in [5, 5.41) is 12.5. The van der Waals surface area contributed by atoms with Gasteiger partial charge in [-0.15, -0.1) is 0 Å². The number of phenols is 1. The molecule has 0 radical (unpaired) electrons. The van der Waals surface area contributed by atoms with Gasteiger partial charge < -0.3 is 19.9 Å². The van der Waals surface area contributed by atoms with E-state index < -0.39 is 5.91 Å². The van der Waals surface area contributed by atoms with E-state index >= 15 is 0 Å². The van der Waals surface area contributed by atoms with Crippen LogP contribution < -0.4 is 14.8 Å². The molecular weight excluding hydrogens is 338 g/mol. The normalized spacial score (nSPS) is 10.0. The Balaban J connectivity index is 2.30. The molecule has 0 saturated heterocycles. The van der Waals surface area contributed by atoms with Gasteiger partial charge in [0, 0.05) is 10.5 Å². The van der Waals surface area contributed by atoms with Crippen LogP contribution in [0.3, 0.4) is 0 Å². The second kappa shape index (κ2) is 6.49. The Morgan fingerprint density at radius 2 is 1.90 bits per heavy atom. The minimum atomic E-state index is -0.438. The van der Waals surface area contributed by atoms with Crippen LogP contribution in [-0.4, -0.2) is 25.2 Å². The van der Waals surface area contributed by atoms with Gasteiger partial charge >= 0.3 is 0 Å². The second-order valence-electron chi connectivity index (χ2n) is 4.18. The van der Waals surface area contributed by atoms with Crippen LogP contribution in [-0.2, 0) is 0 Å². The summed E-state index contributed by atoms with van der Waals surface area (Å²) in [5.41, 5.74) is 0.632. The van der Waals surface area contributed by atoms with Crippen molar-refractivity contribution in [2.24, 2.45) is 0 Å². The van der Waals surface area contributed by atoms with Gasteiger partial charge in [-0.25, -0.2) is 0 Å². The summed E-state index contributed by atoms with van der Waals surface area (Å²) in [6, 6.07) is 9.73. The van der Waals surface area contributed by atoms with E-state index in [1.54, 1.807) is 24.3 Å². The molecule has 0 saturated carbocycles. The molecule has 1 amide bonds. The highest BCUT2D eigenvalue weighted by Crippen LogP contribution is 2.30. The predicted molar refractivity (Wildman–Crippen MR) is 83.3 cm³/mol. The number of amides is 1. The topological polar surface area (TPSA) is 67.8 Å². The number of ether oxygens (including phenoxy) is 2. The summed E-state index contributed by atoms with van der Waals surface area (Å²) in [4.78, 5) is 12.2. The molecule has 2 N–H and O–H groups in total. The van der Waals surface area contributed by atoms with Crippen molar-refractivity contribution in [3.8, 4) is 17.2 Å². The Morgan fingerprint density at radius 1 is 1.14 bits per heavy atom.